The van der Waals surface area contributed by atoms with E-state index in [4.69, 9.17) is 10.00 Å². The van der Waals surface area contributed by atoms with Gasteiger partial charge in [0.15, 0.2) is 0 Å². The highest BCUT2D eigenvalue weighted by Gasteiger charge is 2.16. The van der Waals surface area contributed by atoms with Crippen LogP contribution in [0.3, 0.4) is 0 Å². The lowest BCUT2D eigenvalue weighted by atomic mass is 10.2. The lowest BCUT2D eigenvalue weighted by Gasteiger charge is -2.07. The topological polar surface area (TPSA) is 76.2 Å². The van der Waals surface area contributed by atoms with Gasteiger partial charge in [-0.25, -0.2) is 0 Å². The molecule has 0 heterocycles. The van der Waals surface area contributed by atoms with Gasteiger partial charge < -0.3 is 4.74 Å². The number of hydrogen-bond acceptors (Lipinski definition) is 4. The highest BCUT2D eigenvalue weighted by atomic mass is 79.9. The van der Waals surface area contributed by atoms with Gasteiger partial charge in [-0.1, -0.05) is 28.1 Å². The van der Waals surface area contributed by atoms with Crippen LogP contribution in [-0.4, -0.2) is 4.92 Å². The Labute approximate surface area is 123 Å². The zero-order chi connectivity index (χ0) is 14.5. The van der Waals surface area contributed by atoms with Gasteiger partial charge in [-0.3, -0.25) is 10.1 Å². The molecule has 6 heteroatoms. The van der Waals surface area contributed by atoms with E-state index in [0.717, 1.165) is 5.56 Å². The molecule has 2 rings (SSSR count). The molecule has 100 valence electrons. The molecule has 0 amide bonds. The maximum Gasteiger partial charge on any atom is 0.312 e. The normalized spacial score (nSPS) is 9.80. The number of benzene rings is 2. The van der Waals surface area contributed by atoms with Gasteiger partial charge in [0, 0.05) is 10.5 Å². The summed E-state index contributed by atoms with van der Waals surface area (Å²) in [5.74, 6) is 0.656. The standard InChI is InChI=1S/C14H9BrN2O3/c15-11-3-6-14(13(9-11)17(18)19)20-12-4-1-10(2-5-12)7-8-16/h1-6,9H,7H2. The quantitative estimate of drug-likeness (QED) is 0.620. The van der Waals surface area contributed by atoms with E-state index in [1.165, 1.54) is 12.1 Å². The van der Waals surface area contributed by atoms with Gasteiger partial charge in [0.05, 0.1) is 17.4 Å². The first-order valence-electron chi connectivity index (χ1n) is 5.68. The second kappa shape index (κ2) is 6.17. The lowest BCUT2D eigenvalue weighted by Crippen LogP contribution is -1.93. The van der Waals surface area contributed by atoms with Crippen LogP contribution in [0, 0.1) is 21.4 Å². The summed E-state index contributed by atoms with van der Waals surface area (Å²) in [4.78, 5) is 10.5. The minimum atomic E-state index is -0.496. The summed E-state index contributed by atoms with van der Waals surface area (Å²) in [6.07, 6.45) is 0.318. The summed E-state index contributed by atoms with van der Waals surface area (Å²) in [6, 6.07) is 13.5. The summed E-state index contributed by atoms with van der Waals surface area (Å²) in [5.41, 5.74) is 0.755. The van der Waals surface area contributed by atoms with Gasteiger partial charge >= 0.3 is 5.69 Å². The van der Waals surface area contributed by atoms with Gasteiger partial charge in [0.2, 0.25) is 5.75 Å². The van der Waals surface area contributed by atoms with Crippen molar-refractivity contribution in [2.24, 2.45) is 0 Å². The fourth-order valence-electron chi connectivity index (χ4n) is 1.61. The van der Waals surface area contributed by atoms with Gasteiger partial charge in [-0.2, -0.15) is 5.26 Å². The fraction of sp³-hybridized carbons (Fsp3) is 0.0714. The minimum absolute atomic E-state index is 0.111. The summed E-state index contributed by atoms with van der Waals surface area (Å²) >= 11 is 3.19. The molecule has 0 unspecified atom stereocenters. The Bertz CT molecular complexity index is 678. The van der Waals surface area contributed by atoms with E-state index in [1.807, 2.05) is 6.07 Å². The van der Waals surface area contributed by atoms with Gasteiger partial charge in [-0.15, -0.1) is 0 Å². The molecular weight excluding hydrogens is 324 g/mol. The Kier molecular flexibility index (Phi) is 4.33. The van der Waals surface area contributed by atoms with E-state index in [1.54, 1.807) is 30.3 Å². The van der Waals surface area contributed by atoms with Crippen LogP contribution in [0.2, 0.25) is 0 Å². The Balaban J connectivity index is 2.26. The van der Waals surface area contributed by atoms with Crippen molar-refractivity contribution in [2.45, 2.75) is 6.42 Å². The summed E-state index contributed by atoms with van der Waals surface area (Å²) in [7, 11) is 0. The average Bonchev–Trinajstić information content (AvgIpc) is 2.43. The number of nitro groups is 1. The molecule has 0 saturated heterocycles. The van der Waals surface area contributed by atoms with Crippen molar-refractivity contribution >= 4 is 21.6 Å². The van der Waals surface area contributed by atoms with Crippen LogP contribution in [0.4, 0.5) is 5.69 Å². The third-order valence-electron chi connectivity index (χ3n) is 2.55. The average molecular weight is 333 g/mol. The van der Waals surface area contributed by atoms with E-state index >= 15 is 0 Å². The highest BCUT2D eigenvalue weighted by molar-refractivity contribution is 9.10. The Morgan fingerprint density at radius 1 is 1.25 bits per heavy atom. The molecule has 0 aliphatic carbocycles. The van der Waals surface area contributed by atoms with Crippen LogP contribution in [0.1, 0.15) is 5.56 Å². The molecule has 0 bridgehead atoms. The summed E-state index contributed by atoms with van der Waals surface area (Å²) in [5, 5.41) is 19.6. The van der Waals surface area contributed by atoms with Crippen LogP contribution in [0.5, 0.6) is 11.5 Å². The molecule has 0 aliphatic heterocycles. The molecule has 0 aliphatic rings. The maximum atomic E-state index is 11.0. The number of nitro benzene ring substituents is 1. The summed E-state index contributed by atoms with van der Waals surface area (Å²) in [6.45, 7) is 0. The van der Waals surface area contributed by atoms with E-state index in [9.17, 15) is 10.1 Å². The first-order chi connectivity index (χ1) is 9.60. The first-order valence-corrected chi connectivity index (χ1v) is 6.47. The second-order valence-electron chi connectivity index (χ2n) is 3.95. The number of nitriles is 1. The summed E-state index contributed by atoms with van der Waals surface area (Å²) < 4.78 is 6.13. The van der Waals surface area contributed by atoms with E-state index in [2.05, 4.69) is 15.9 Å². The third kappa shape index (κ3) is 3.33. The van der Waals surface area contributed by atoms with Crippen molar-refractivity contribution in [1.82, 2.24) is 0 Å². The zero-order valence-electron chi connectivity index (χ0n) is 10.2. The predicted octanol–water partition coefficient (Wildman–Crippen LogP) is 4.22. The first kappa shape index (κ1) is 14.0. The number of nitrogens with zero attached hydrogens (tertiary/aromatic N) is 2. The SMILES string of the molecule is N#CCc1ccc(Oc2ccc(Br)cc2[N+](=O)[O-])cc1. The fourth-order valence-corrected chi connectivity index (χ4v) is 1.96. The Hall–Kier alpha value is -2.39. The van der Waals surface area contributed by atoms with E-state index in [0.29, 0.717) is 16.6 Å². The van der Waals surface area contributed by atoms with Crippen LogP contribution in [0.15, 0.2) is 46.9 Å². The van der Waals surface area contributed by atoms with Gasteiger partial charge in [0.1, 0.15) is 5.75 Å². The van der Waals surface area contributed by atoms with E-state index < -0.39 is 4.92 Å². The predicted molar refractivity (Wildman–Crippen MR) is 76.6 cm³/mol. The highest BCUT2D eigenvalue weighted by Crippen LogP contribution is 2.33. The molecule has 0 spiro atoms. The molecule has 0 atom stereocenters. The maximum absolute atomic E-state index is 11.0. The van der Waals surface area contributed by atoms with Crippen molar-refractivity contribution in [1.29, 1.82) is 5.26 Å². The van der Waals surface area contributed by atoms with Crippen LogP contribution < -0.4 is 4.74 Å². The molecule has 5 nitrogen and oxygen atoms in total. The number of halogens is 1. The van der Waals surface area contributed by atoms with Crippen LogP contribution >= 0.6 is 15.9 Å². The molecule has 0 N–H and O–H groups in total. The molecule has 2 aromatic rings. The molecule has 0 saturated carbocycles. The Morgan fingerprint density at radius 2 is 1.95 bits per heavy atom. The van der Waals surface area contributed by atoms with Gasteiger partial charge in [0.25, 0.3) is 0 Å². The van der Waals surface area contributed by atoms with Crippen LogP contribution in [0.25, 0.3) is 0 Å². The van der Waals surface area contributed by atoms with Crippen molar-refractivity contribution in [3.05, 3.63) is 62.6 Å². The monoisotopic (exact) mass is 332 g/mol. The minimum Gasteiger partial charge on any atom is -0.450 e. The smallest absolute Gasteiger partial charge is 0.312 e. The number of ether oxygens (including phenoxy) is 1. The van der Waals surface area contributed by atoms with Crippen molar-refractivity contribution in [2.75, 3.05) is 0 Å². The molecule has 0 aromatic heterocycles. The van der Waals surface area contributed by atoms with E-state index in [-0.39, 0.29) is 11.4 Å². The molecule has 20 heavy (non-hydrogen) atoms. The third-order valence-corrected chi connectivity index (χ3v) is 3.05. The van der Waals surface area contributed by atoms with Crippen molar-refractivity contribution in [3.63, 3.8) is 0 Å². The largest absolute Gasteiger partial charge is 0.450 e. The molecule has 0 fully saturated rings. The second-order valence-corrected chi connectivity index (χ2v) is 4.87. The Morgan fingerprint density at radius 3 is 2.55 bits per heavy atom. The molecule has 2 aromatic carbocycles. The lowest BCUT2D eigenvalue weighted by molar-refractivity contribution is -0.385. The number of hydrogen-bond donors (Lipinski definition) is 0. The van der Waals surface area contributed by atoms with Crippen LogP contribution in [-0.2, 0) is 6.42 Å². The molecule has 0 radical (unpaired) electrons. The van der Waals surface area contributed by atoms with Crippen molar-refractivity contribution < 1.29 is 9.66 Å². The number of rotatable bonds is 4. The molecular formula is C14H9BrN2O3. The van der Waals surface area contributed by atoms with Crippen molar-refractivity contribution in [3.8, 4) is 17.6 Å². The van der Waals surface area contributed by atoms with Gasteiger partial charge in [-0.05, 0) is 29.8 Å². The zero-order valence-corrected chi connectivity index (χ0v) is 11.8.